The second-order valence-corrected chi connectivity index (χ2v) is 5.93. The first-order valence-electron chi connectivity index (χ1n) is 6.41. The fraction of sp³-hybridized carbons (Fsp3) is 0.462. The lowest BCUT2D eigenvalue weighted by molar-refractivity contribution is -0.122. The minimum Gasteiger partial charge on any atom is -0.369 e. The summed E-state index contributed by atoms with van der Waals surface area (Å²) in [6, 6.07) is 2.36. The molecule has 19 heavy (non-hydrogen) atoms. The lowest BCUT2D eigenvalue weighted by Crippen LogP contribution is -2.46. The van der Waals surface area contributed by atoms with Gasteiger partial charge >= 0.3 is 0 Å². The van der Waals surface area contributed by atoms with E-state index in [2.05, 4.69) is 21.8 Å². The summed E-state index contributed by atoms with van der Waals surface area (Å²) in [6.45, 7) is 2.82. The first-order valence-corrected chi connectivity index (χ1v) is 7.29. The van der Waals surface area contributed by atoms with Gasteiger partial charge in [-0.1, -0.05) is 0 Å². The van der Waals surface area contributed by atoms with E-state index in [0.717, 1.165) is 28.9 Å². The number of nitrogens with two attached hydrogens (primary N) is 1. The van der Waals surface area contributed by atoms with Crippen LogP contribution in [0, 0.1) is 5.92 Å². The molecule has 0 bridgehead atoms. The number of fused-ring (bicyclic) bond motifs is 1. The Hall–Kier alpha value is -1.69. The Morgan fingerprint density at radius 1 is 1.47 bits per heavy atom. The molecule has 3 rings (SSSR count). The number of carbonyl (C=O) groups is 1. The maximum Gasteiger partial charge on any atom is 0.222 e. The Morgan fingerprint density at radius 2 is 2.32 bits per heavy atom. The number of hydrogen-bond acceptors (Lipinski definition) is 5. The fourth-order valence-electron chi connectivity index (χ4n) is 2.61. The molecule has 0 spiro atoms. The number of rotatable bonds is 2. The van der Waals surface area contributed by atoms with Crippen LogP contribution in [0.4, 0.5) is 5.82 Å². The maximum atomic E-state index is 11.4. The van der Waals surface area contributed by atoms with Gasteiger partial charge in [-0.25, -0.2) is 9.97 Å². The van der Waals surface area contributed by atoms with Crippen LogP contribution in [0.5, 0.6) is 0 Å². The van der Waals surface area contributed by atoms with Crippen molar-refractivity contribution < 1.29 is 4.79 Å². The van der Waals surface area contributed by atoms with Crippen LogP contribution in [0.1, 0.15) is 19.8 Å². The molecule has 2 atom stereocenters. The highest BCUT2D eigenvalue weighted by atomic mass is 32.1. The normalized spacial score (nSPS) is 23.7. The fourth-order valence-corrected chi connectivity index (χ4v) is 3.46. The van der Waals surface area contributed by atoms with Crippen LogP contribution >= 0.6 is 11.3 Å². The molecule has 3 heterocycles. The Kier molecular flexibility index (Phi) is 3.10. The second-order valence-electron chi connectivity index (χ2n) is 5.01. The molecule has 1 aliphatic rings. The van der Waals surface area contributed by atoms with E-state index in [-0.39, 0.29) is 11.8 Å². The van der Waals surface area contributed by atoms with Crippen LogP contribution in [-0.4, -0.2) is 28.5 Å². The predicted octanol–water partition coefficient (Wildman–Crippen LogP) is 1.78. The van der Waals surface area contributed by atoms with E-state index in [0.29, 0.717) is 12.6 Å². The molecule has 0 radical (unpaired) electrons. The smallest absolute Gasteiger partial charge is 0.222 e. The number of aromatic nitrogens is 2. The zero-order valence-corrected chi connectivity index (χ0v) is 11.6. The second kappa shape index (κ2) is 4.77. The van der Waals surface area contributed by atoms with Crippen LogP contribution < -0.4 is 10.6 Å². The lowest BCUT2D eigenvalue weighted by Gasteiger charge is -2.37. The van der Waals surface area contributed by atoms with Crippen LogP contribution in [0.3, 0.4) is 0 Å². The van der Waals surface area contributed by atoms with Gasteiger partial charge in [0.15, 0.2) is 0 Å². The van der Waals surface area contributed by atoms with Crippen molar-refractivity contribution >= 4 is 33.3 Å². The molecule has 2 aromatic heterocycles. The molecule has 6 heteroatoms. The monoisotopic (exact) mass is 276 g/mol. The topological polar surface area (TPSA) is 72.1 Å². The van der Waals surface area contributed by atoms with Crippen molar-refractivity contribution in [2.24, 2.45) is 11.7 Å². The number of carbonyl (C=O) groups excluding carboxylic acids is 1. The number of piperidine rings is 1. The van der Waals surface area contributed by atoms with E-state index < -0.39 is 0 Å². The minimum atomic E-state index is -0.214. The molecule has 0 aromatic carbocycles. The Labute approximate surface area is 115 Å². The van der Waals surface area contributed by atoms with Gasteiger partial charge in [-0.2, -0.15) is 0 Å². The van der Waals surface area contributed by atoms with Crippen molar-refractivity contribution in [3.8, 4) is 0 Å². The number of amides is 1. The summed E-state index contributed by atoms with van der Waals surface area (Å²) >= 11 is 1.64. The first kappa shape index (κ1) is 12.3. The van der Waals surface area contributed by atoms with Gasteiger partial charge in [0, 0.05) is 12.6 Å². The van der Waals surface area contributed by atoms with Crippen molar-refractivity contribution in [3.63, 3.8) is 0 Å². The van der Waals surface area contributed by atoms with Crippen LogP contribution in [0.2, 0.25) is 0 Å². The highest BCUT2D eigenvalue weighted by Gasteiger charge is 2.30. The van der Waals surface area contributed by atoms with E-state index >= 15 is 0 Å². The number of nitrogens with zero attached hydrogens (tertiary/aromatic N) is 3. The highest BCUT2D eigenvalue weighted by molar-refractivity contribution is 7.17. The van der Waals surface area contributed by atoms with Crippen molar-refractivity contribution in [2.75, 3.05) is 11.4 Å². The molecule has 0 saturated carbocycles. The van der Waals surface area contributed by atoms with Gasteiger partial charge in [0.1, 0.15) is 12.1 Å². The molecule has 5 nitrogen and oxygen atoms in total. The molecular weight excluding hydrogens is 260 g/mol. The highest BCUT2D eigenvalue weighted by Crippen LogP contribution is 2.33. The Morgan fingerprint density at radius 3 is 3.11 bits per heavy atom. The maximum absolute atomic E-state index is 11.4. The molecule has 0 unspecified atom stereocenters. The first-order chi connectivity index (χ1) is 9.16. The summed E-state index contributed by atoms with van der Waals surface area (Å²) < 4.78 is 1.08. The van der Waals surface area contributed by atoms with Gasteiger partial charge in [-0.05, 0) is 31.2 Å². The van der Waals surface area contributed by atoms with E-state index in [1.54, 1.807) is 17.7 Å². The van der Waals surface area contributed by atoms with Crippen molar-refractivity contribution in [2.45, 2.75) is 25.8 Å². The summed E-state index contributed by atoms with van der Waals surface area (Å²) in [4.78, 5) is 22.3. The van der Waals surface area contributed by atoms with Crippen molar-refractivity contribution in [1.29, 1.82) is 0 Å². The summed E-state index contributed by atoms with van der Waals surface area (Å²) in [7, 11) is 0. The standard InChI is InChI=1S/C13H16N4OS/c1-8-2-3-9(12(14)18)6-17(8)13-11-10(4-5-19-11)15-7-16-13/h4-5,7-9H,2-3,6H2,1H3,(H2,14,18)/t8-,9-/m0/s1. The van der Waals surface area contributed by atoms with Crippen LogP contribution in [0.15, 0.2) is 17.8 Å². The predicted molar refractivity (Wildman–Crippen MR) is 76.1 cm³/mol. The molecular formula is C13H16N4OS. The van der Waals surface area contributed by atoms with Gasteiger partial charge < -0.3 is 10.6 Å². The van der Waals surface area contributed by atoms with E-state index in [1.807, 2.05) is 11.4 Å². The molecule has 1 aliphatic heterocycles. The Balaban J connectivity index is 1.99. The molecule has 0 aliphatic carbocycles. The average Bonchev–Trinajstić information content (AvgIpc) is 2.87. The SMILES string of the molecule is C[C@H]1CC[C@H](C(N)=O)CN1c1ncnc2ccsc12. The van der Waals surface area contributed by atoms with E-state index in [9.17, 15) is 4.79 Å². The quantitative estimate of drug-likeness (QED) is 0.907. The van der Waals surface area contributed by atoms with E-state index in [4.69, 9.17) is 5.73 Å². The van der Waals surface area contributed by atoms with Crippen molar-refractivity contribution in [3.05, 3.63) is 17.8 Å². The third kappa shape index (κ3) is 2.16. The third-order valence-corrected chi connectivity index (χ3v) is 4.68. The molecule has 1 amide bonds. The molecule has 1 fully saturated rings. The van der Waals surface area contributed by atoms with Crippen LogP contribution in [-0.2, 0) is 4.79 Å². The molecule has 2 N–H and O–H groups in total. The summed E-state index contributed by atoms with van der Waals surface area (Å²) in [5.74, 6) is 0.632. The zero-order chi connectivity index (χ0) is 13.4. The van der Waals surface area contributed by atoms with Gasteiger partial charge in [0.2, 0.25) is 5.91 Å². The van der Waals surface area contributed by atoms with Gasteiger partial charge in [0.25, 0.3) is 0 Å². The van der Waals surface area contributed by atoms with E-state index in [1.165, 1.54) is 0 Å². The molecule has 1 saturated heterocycles. The zero-order valence-electron chi connectivity index (χ0n) is 10.7. The third-order valence-electron chi connectivity index (χ3n) is 3.78. The average molecular weight is 276 g/mol. The largest absolute Gasteiger partial charge is 0.369 e. The molecule has 100 valence electrons. The summed E-state index contributed by atoms with van der Waals surface area (Å²) in [5.41, 5.74) is 6.41. The number of anilines is 1. The number of thiophene rings is 1. The van der Waals surface area contributed by atoms with Gasteiger partial charge in [-0.15, -0.1) is 11.3 Å². The summed E-state index contributed by atoms with van der Waals surface area (Å²) in [6.07, 6.45) is 3.42. The van der Waals surface area contributed by atoms with Gasteiger partial charge in [-0.3, -0.25) is 4.79 Å². The summed E-state index contributed by atoms with van der Waals surface area (Å²) in [5, 5.41) is 2.02. The van der Waals surface area contributed by atoms with Crippen LogP contribution in [0.25, 0.3) is 10.2 Å². The Bertz CT molecular complexity index is 611. The number of primary amides is 1. The molecule has 2 aromatic rings. The number of hydrogen-bond donors (Lipinski definition) is 1. The van der Waals surface area contributed by atoms with Gasteiger partial charge in [0.05, 0.1) is 16.1 Å². The minimum absolute atomic E-state index is 0.0822. The van der Waals surface area contributed by atoms with Crippen molar-refractivity contribution in [1.82, 2.24) is 9.97 Å². The lowest BCUT2D eigenvalue weighted by atomic mass is 9.93.